The van der Waals surface area contributed by atoms with Crippen molar-refractivity contribution in [1.29, 1.82) is 0 Å². The molecule has 3 aromatic carbocycles. The number of allylic oxidation sites excluding steroid dienone is 2. The molecule has 10 heteroatoms. The third-order valence-corrected chi connectivity index (χ3v) is 8.59. The van der Waals surface area contributed by atoms with Crippen LogP contribution in [-0.4, -0.2) is 51.4 Å². The largest absolute Gasteiger partial charge is 0.325 e. The Morgan fingerprint density at radius 3 is 2.14 bits per heavy atom. The number of carbonyl (C=O) groups excluding carboxylic acids is 4. The van der Waals surface area contributed by atoms with Gasteiger partial charge in [-0.2, -0.15) is 5.10 Å². The van der Waals surface area contributed by atoms with Crippen molar-refractivity contribution in [2.24, 2.45) is 5.92 Å². The highest BCUT2D eigenvalue weighted by molar-refractivity contribution is 6.10. The van der Waals surface area contributed by atoms with Crippen LogP contribution in [0.15, 0.2) is 96.7 Å². The molecule has 1 aliphatic heterocycles. The molecule has 0 radical (unpaired) electrons. The Morgan fingerprint density at radius 1 is 0.878 bits per heavy atom. The molecule has 4 aromatic rings. The number of nitrogens with zero attached hydrogens (tertiary/aromatic N) is 3. The number of aromatic nitrogens is 2. The number of carbonyl (C=O) groups is 4. The average Bonchev–Trinajstić information content (AvgIpc) is 3.50. The van der Waals surface area contributed by atoms with Gasteiger partial charge in [0.05, 0.1) is 17.1 Å². The number of urea groups is 2. The average molecular weight is 661 g/mol. The SMILES string of the molecule is CC(=O)C(=CC(=O)c1ccccc1)NC(=O)N1CCC(Cc2ccc(NC(=O)Nc3cc(C(C)(C)C)nn3-c3ccc(C)cc3)cc2)CC1. The first-order valence-corrected chi connectivity index (χ1v) is 16.6. The van der Waals surface area contributed by atoms with Crippen molar-refractivity contribution in [3.05, 3.63) is 119 Å². The Kier molecular flexibility index (Phi) is 10.8. The van der Waals surface area contributed by atoms with Crippen LogP contribution in [-0.2, 0) is 16.6 Å². The van der Waals surface area contributed by atoms with Gasteiger partial charge < -0.3 is 15.5 Å². The number of nitrogens with one attached hydrogen (secondary N) is 3. The van der Waals surface area contributed by atoms with Crippen molar-refractivity contribution < 1.29 is 19.2 Å². The van der Waals surface area contributed by atoms with Gasteiger partial charge in [0, 0.05) is 48.8 Å². The molecule has 3 N–H and O–H groups in total. The van der Waals surface area contributed by atoms with Crippen LogP contribution in [0.2, 0.25) is 0 Å². The molecule has 0 atom stereocenters. The molecule has 10 nitrogen and oxygen atoms in total. The lowest BCUT2D eigenvalue weighted by molar-refractivity contribution is -0.113. The highest BCUT2D eigenvalue weighted by Crippen LogP contribution is 2.27. The maximum absolute atomic E-state index is 13.0. The van der Waals surface area contributed by atoms with Gasteiger partial charge in [0.25, 0.3) is 0 Å². The highest BCUT2D eigenvalue weighted by Gasteiger charge is 2.25. The Hall–Kier alpha value is -5.51. The summed E-state index contributed by atoms with van der Waals surface area (Å²) in [4.78, 5) is 52.4. The smallest absolute Gasteiger partial charge is 0.324 e. The quantitative estimate of drug-likeness (QED) is 0.127. The van der Waals surface area contributed by atoms with Gasteiger partial charge >= 0.3 is 12.1 Å². The minimum Gasteiger partial charge on any atom is -0.325 e. The molecule has 0 spiro atoms. The van der Waals surface area contributed by atoms with E-state index in [1.165, 1.54) is 13.0 Å². The summed E-state index contributed by atoms with van der Waals surface area (Å²) in [7, 11) is 0. The lowest BCUT2D eigenvalue weighted by Gasteiger charge is -2.32. The van der Waals surface area contributed by atoms with E-state index < -0.39 is 0 Å². The van der Waals surface area contributed by atoms with Gasteiger partial charge in [-0.15, -0.1) is 0 Å². The Balaban J connectivity index is 1.12. The highest BCUT2D eigenvalue weighted by atomic mass is 16.2. The Bertz CT molecular complexity index is 1830. The van der Waals surface area contributed by atoms with Gasteiger partial charge in [0.1, 0.15) is 5.82 Å². The van der Waals surface area contributed by atoms with Gasteiger partial charge in [-0.3, -0.25) is 14.9 Å². The number of hydrogen-bond donors (Lipinski definition) is 3. The van der Waals surface area contributed by atoms with Crippen LogP contribution in [0.25, 0.3) is 5.69 Å². The number of anilines is 2. The van der Waals surface area contributed by atoms with E-state index in [0.29, 0.717) is 36.1 Å². The van der Waals surface area contributed by atoms with Crippen LogP contribution in [0.1, 0.15) is 67.7 Å². The zero-order chi connectivity index (χ0) is 35.1. The maximum Gasteiger partial charge on any atom is 0.324 e. The number of likely N-dealkylation sites (tertiary alicyclic amines) is 1. The van der Waals surface area contributed by atoms with Crippen molar-refractivity contribution in [3.8, 4) is 5.69 Å². The first-order chi connectivity index (χ1) is 23.4. The first kappa shape index (κ1) is 34.8. The Morgan fingerprint density at radius 2 is 1.53 bits per heavy atom. The first-order valence-electron chi connectivity index (χ1n) is 16.6. The summed E-state index contributed by atoms with van der Waals surface area (Å²) in [5.41, 5.74) is 4.92. The van der Waals surface area contributed by atoms with E-state index in [4.69, 9.17) is 5.10 Å². The van der Waals surface area contributed by atoms with Crippen molar-refractivity contribution in [1.82, 2.24) is 20.0 Å². The van der Waals surface area contributed by atoms with Crippen LogP contribution in [0.5, 0.6) is 0 Å². The second-order valence-corrected chi connectivity index (χ2v) is 13.6. The molecule has 1 fully saturated rings. The second kappa shape index (κ2) is 15.1. The fourth-order valence-electron chi connectivity index (χ4n) is 5.63. The molecule has 0 saturated carbocycles. The van der Waals surface area contributed by atoms with Crippen molar-refractivity contribution >= 4 is 35.1 Å². The molecule has 1 aliphatic rings. The summed E-state index contributed by atoms with van der Waals surface area (Å²) in [6.45, 7) is 10.7. The normalized spacial score (nSPS) is 13.9. The number of benzene rings is 3. The number of piperidine rings is 1. The van der Waals surface area contributed by atoms with Gasteiger partial charge in [0.2, 0.25) is 0 Å². The number of Topliss-reactive ketones (excluding diaryl/α,β-unsaturated/α-hetero) is 1. The number of amides is 4. The Labute approximate surface area is 287 Å². The lowest BCUT2D eigenvalue weighted by atomic mass is 9.90. The summed E-state index contributed by atoms with van der Waals surface area (Å²) < 4.78 is 1.75. The van der Waals surface area contributed by atoms with Crippen LogP contribution in [0, 0.1) is 12.8 Å². The van der Waals surface area contributed by atoms with Gasteiger partial charge in [-0.05, 0) is 61.9 Å². The molecule has 0 unspecified atom stereocenters. The molecule has 0 aliphatic carbocycles. The third-order valence-electron chi connectivity index (χ3n) is 8.59. The molecular weight excluding hydrogens is 616 g/mol. The maximum atomic E-state index is 13.0. The van der Waals surface area contributed by atoms with E-state index in [2.05, 4.69) is 36.7 Å². The van der Waals surface area contributed by atoms with Crippen molar-refractivity contribution in [3.63, 3.8) is 0 Å². The summed E-state index contributed by atoms with van der Waals surface area (Å²) in [6, 6.07) is 25.6. The molecule has 0 bridgehead atoms. The standard InChI is InChI=1S/C39H44N6O4/c1-26-11-17-32(18-12-26)45-36(25-35(43-45)39(3,4)5)42-37(48)40-31-15-13-28(14-16-31)23-29-19-21-44(22-20-29)38(49)41-33(27(2)46)24-34(47)30-9-7-6-8-10-30/h6-18,24-25,29H,19-23H2,1-5H3,(H,41,49)(H2,40,42,48). The molecule has 5 rings (SSSR count). The van der Waals surface area contributed by atoms with Crippen LogP contribution in [0.4, 0.5) is 21.1 Å². The molecule has 49 heavy (non-hydrogen) atoms. The minimum atomic E-state index is -0.383. The van der Waals surface area contributed by atoms with Gasteiger partial charge in [-0.25, -0.2) is 14.3 Å². The third kappa shape index (κ3) is 9.31. The predicted molar refractivity (Wildman–Crippen MR) is 192 cm³/mol. The van der Waals surface area contributed by atoms with Crippen LogP contribution >= 0.6 is 0 Å². The van der Waals surface area contributed by atoms with Crippen LogP contribution < -0.4 is 16.0 Å². The monoisotopic (exact) mass is 660 g/mol. The van der Waals surface area contributed by atoms with E-state index in [-0.39, 0.29) is 34.7 Å². The van der Waals surface area contributed by atoms with E-state index in [1.807, 2.05) is 61.5 Å². The predicted octanol–water partition coefficient (Wildman–Crippen LogP) is 7.44. The number of ketones is 2. The van der Waals surface area contributed by atoms with Crippen LogP contribution in [0.3, 0.4) is 0 Å². The van der Waals surface area contributed by atoms with Gasteiger partial charge in [0.15, 0.2) is 11.6 Å². The van der Waals surface area contributed by atoms with Crippen molar-refractivity contribution in [2.75, 3.05) is 23.7 Å². The molecular formula is C39H44N6O4. The van der Waals surface area contributed by atoms with E-state index in [0.717, 1.165) is 41.8 Å². The second-order valence-electron chi connectivity index (χ2n) is 13.6. The zero-order valence-corrected chi connectivity index (χ0v) is 28.7. The molecule has 4 amide bonds. The zero-order valence-electron chi connectivity index (χ0n) is 28.7. The fraction of sp³-hybridized carbons (Fsp3) is 0.308. The minimum absolute atomic E-state index is 0.0186. The number of aryl methyl sites for hydroxylation is 1. The fourth-order valence-corrected chi connectivity index (χ4v) is 5.63. The van der Waals surface area contributed by atoms with Crippen molar-refractivity contribution in [2.45, 2.75) is 59.3 Å². The molecule has 1 saturated heterocycles. The summed E-state index contributed by atoms with van der Waals surface area (Å²) in [5.74, 6) is 0.239. The van der Waals surface area contributed by atoms with E-state index in [1.54, 1.807) is 39.9 Å². The van der Waals surface area contributed by atoms with Gasteiger partial charge in [-0.1, -0.05) is 80.9 Å². The number of hydrogen-bond acceptors (Lipinski definition) is 5. The molecule has 1 aromatic heterocycles. The van der Waals surface area contributed by atoms with E-state index >= 15 is 0 Å². The topological polar surface area (TPSA) is 125 Å². The summed E-state index contributed by atoms with van der Waals surface area (Å²) in [6.07, 6.45) is 3.65. The number of rotatable bonds is 9. The van der Waals surface area contributed by atoms with E-state index in [9.17, 15) is 19.2 Å². The molecule has 2 heterocycles. The molecule has 254 valence electrons. The summed E-state index contributed by atoms with van der Waals surface area (Å²) in [5, 5.41) is 13.3. The summed E-state index contributed by atoms with van der Waals surface area (Å²) >= 11 is 0. The lowest BCUT2D eigenvalue weighted by Crippen LogP contribution is -2.45.